The Morgan fingerprint density at radius 3 is 2.44 bits per heavy atom. The summed E-state index contributed by atoms with van der Waals surface area (Å²) in [6.07, 6.45) is 3.87. The van der Waals surface area contributed by atoms with Gasteiger partial charge in [-0.25, -0.2) is 17.8 Å². The molecule has 5 rings (SSSR count). The Bertz CT molecular complexity index is 1560. The first-order valence-corrected chi connectivity index (χ1v) is 12.5. The topological polar surface area (TPSA) is 92.6 Å². The van der Waals surface area contributed by atoms with E-state index in [1.54, 1.807) is 23.5 Å². The number of hydrogen-bond acceptors (Lipinski definition) is 5. The van der Waals surface area contributed by atoms with Crippen molar-refractivity contribution in [1.29, 1.82) is 0 Å². The fraction of sp³-hybridized carbons (Fsp3) is 0. The number of benzene rings is 3. The summed E-state index contributed by atoms with van der Waals surface area (Å²) in [7, 11) is -3.96. The quantitative estimate of drug-likeness (QED) is 0.338. The van der Waals surface area contributed by atoms with E-state index in [1.807, 2.05) is 34.3 Å². The van der Waals surface area contributed by atoms with Crippen LogP contribution in [0.2, 0.25) is 0 Å². The molecule has 0 aliphatic heterocycles. The van der Waals surface area contributed by atoms with Crippen LogP contribution in [0.4, 0.5) is 15.8 Å². The minimum absolute atomic E-state index is 0.0837. The minimum Gasteiger partial charge on any atom is -0.322 e. The molecule has 0 fully saturated rings. The van der Waals surface area contributed by atoms with Gasteiger partial charge in [0.05, 0.1) is 10.6 Å². The second-order valence-corrected chi connectivity index (χ2v) is 9.95. The third kappa shape index (κ3) is 4.54. The maximum atomic E-state index is 13.1. The molecule has 0 atom stereocenters. The summed E-state index contributed by atoms with van der Waals surface area (Å²) in [6, 6.07) is 17.9. The van der Waals surface area contributed by atoms with Crippen molar-refractivity contribution in [3.8, 4) is 11.3 Å². The van der Waals surface area contributed by atoms with Crippen LogP contribution in [0.25, 0.3) is 16.2 Å². The molecule has 3 aromatic carbocycles. The summed E-state index contributed by atoms with van der Waals surface area (Å²) in [5.41, 5.74) is 2.70. The lowest BCUT2D eigenvalue weighted by atomic mass is 10.1. The van der Waals surface area contributed by atoms with Crippen molar-refractivity contribution < 1.29 is 17.6 Å². The first-order valence-electron chi connectivity index (χ1n) is 10.1. The SMILES string of the molecule is O=C(Nc1ccc(-c2cn3ccsc3n2)cc1)c1cccc(S(=O)(=O)Nc2ccc(F)cc2)c1. The van der Waals surface area contributed by atoms with Gasteiger partial charge in [-0.05, 0) is 54.6 Å². The third-order valence-corrected chi connectivity index (χ3v) is 7.18. The van der Waals surface area contributed by atoms with Crippen molar-refractivity contribution in [3.63, 3.8) is 0 Å². The lowest BCUT2D eigenvalue weighted by Gasteiger charge is -2.10. The highest BCUT2D eigenvalue weighted by atomic mass is 32.2. The molecule has 0 aliphatic rings. The molecule has 5 aromatic rings. The number of aromatic nitrogens is 2. The monoisotopic (exact) mass is 492 g/mol. The number of halogens is 1. The van der Waals surface area contributed by atoms with E-state index in [0.717, 1.165) is 28.4 Å². The van der Waals surface area contributed by atoms with Crippen molar-refractivity contribution >= 4 is 43.6 Å². The van der Waals surface area contributed by atoms with Crippen molar-refractivity contribution in [3.05, 3.63) is 102 Å². The lowest BCUT2D eigenvalue weighted by Crippen LogP contribution is -2.16. The van der Waals surface area contributed by atoms with Crippen LogP contribution in [0, 0.1) is 5.82 Å². The Morgan fingerprint density at radius 2 is 1.71 bits per heavy atom. The zero-order valence-corrected chi connectivity index (χ0v) is 19.1. The second kappa shape index (κ2) is 8.73. The molecule has 0 saturated heterocycles. The molecular weight excluding hydrogens is 475 g/mol. The Morgan fingerprint density at radius 1 is 0.971 bits per heavy atom. The van der Waals surface area contributed by atoms with Crippen LogP contribution >= 0.6 is 11.3 Å². The molecule has 7 nitrogen and oxygen atoms in total. The standard InChI is InChI=1S/C24H17FN4O3S2/c25-18-6-10-20(11-7-18)28-34(31,32)21-3-1-2-17(14-21)23(30)26-19-8-4-16(5-9-19)22-15-29-12-13-33-24(29)27-22/h1-15,28H,(H,26,30). The van der Waals surface area contributed by atoms with E-state index >= 15 is 0 Å². The van der Waals surface area contributed by atoms with Crippen molar-refractivity contribution in [1.82, 2.24) is 9.38 Å². The molecule has 2 N–H and O–H groups in total. The molecule has 2 heterocycles. The predicted molar refractivity (Wildman–Crippen MR) is 130 cm³/mol. The average Bonchev–Trinajstić information content (AvgIpc) is 3.44. The number of hydrogen-bond donors (Lipinski definition) is 2. The first kappa shape index (κ1) is 21.8. The second-order valence-electron chi connectivity index (χ2n) is 7.39. The maximum Gasteiger partial charge on any atom is 0.261 e. The van der Waals surface area contributed by atoms with Gasteiger partial charge >= 0.3 is 0 Å². The number of imidazole rings is 1. The number of anilines is 2. The number of fused-ring (bicyclic) bond motifs is 1. The van der Waals surface area contributed by atoms with Crippen molar-refractivity contribution in [2.75, 3.05) is 10.0 Å². The maximum absolute atomic E-state index is 13.1. The van der Waals surface area contributed by atoms with Gasteiger partial charge < -0.3 is 5.32 Å². The van der Waals surface area contributed by atoms with Crippen molar-refractivity contribution in [2.24, 2.45) is 0 Å². The van der Waals surface area contributed by atoms with E-state index in [1.165, 1.54) is 36.4 Å². The molecule has 0 spiro atoms. The number of carbonyl (C=O) groups is 1. The molecule has 0 unspecified atom stereocenters. The molecule has 0 aliphatic carbocycles. The summed E-state index contributed by atoms with van der Waals surface area (Å²) < 4.78 is 42.8. The van der Waals surface area contributed by atoms with Crippen LogP contribution in [-0.2, 0) is 10.0 Å². The van der Waals surface area contributed by atoms with Crippen LogP contribution in [-0.4, -0.2) is 23.7 Å². The van der Waals surface area contributed by atoms with E-state index in [2.05, 4.69) is 15.0 Å². The molecule has 34 heavy (non-hydrogen) atoms. The van der Waals surface area contributed by atoms with Gasteiger partial charge in [0, 0.05) is 40.3 Å². The smallest absolute Gasteiger partial charge is 0.261 e. The normalized spacial score (nSPS) is 11.4. The number of carbonyl (C=O) groups excluding carboxylic acids is 1. The molecule has 170 valence electrons. The molecule has 0 radical (unpaired) electrons. The fourth-order valence-electron chi connectivity index (χ4n) is 3.33. The highest BCUT2D eigenvalue weighted by molar-refractivity contribution is 7.92. The average molecular weight is 493 g/mol. The number of sulfonamides is 1. The summed E-state index contributed by atoms with van der Waals surface area (Å²) in [5, 5.41) is 4.74. The Labute approximate surface area is 198 Å². The highest BCUT2D eigenvalue weighted by Gasteiger charge is 2.17. The van der Waals surface area contributed by atoms with Crippen LogP contribution in [0.3, 0.4) is 0 Å². The first-order chi connectivity index (χ1) is 16.4. The predicted octanol–water partition coefficient (Wildman–Crippen LogP) is 5.26. The number of nitrogens with one attached hydrogen (secondary N) is 2. The van der Waals surface area contributed by atoms with Gasteiger partial charge in [-0.2, -0.15) is 0 Å². The van der Waals surface area contributed by atoms with Gasteiger partial charge in [-0.15, -0.1) is 11.3 Å². The van der Waals surface area contributed by atoms with Gasteiger partial charge in [-0.1, -0.05) is 18.2 Å². The van der Waals surface area contributed by atoms with Crippen LogP contribution < -0.4 is 10.0 Å². The highest BCUT2D eigenvalue weighted by Crippen LogP contribution is 2.24. The molecule has 10 heteroatoms. The Kier molecular flexibility index (Phi) is 5.60. The van der Waals surface area contributed by atoms with Gasteiger partial charge in [-0.3, -0.25) is 13.9 Å². The van der Waals surface area contributed by atoms with Crippen molar-refractivity contribution in [2.45, 2.75) is 4.90 Å². The van der Waals surface area contributed by atoms with Crippen LogP contribution in [0.1, 0.15) is 10.4 Å². The number of nitrogens with zero attached hydrogens (tertiary/aromatic N) is 2. The Hall–Kier alpha value is -4.02. The largest absolute Gasteiger partial charge is 0.322 e. The number of thiazole rings is 1. The van der Waals surface area contributed by atoms with E-state index in [0.29, 0.717) is 5.69 Å². The van der Waals surface area contributed by atoms with Gasteiger partial charge in [0.15, 0.2) is 4.96 Å². The zero-order valence-electron chi connectivity index (χ0n) is 17.5. The molecular formula is C24H17FN4O3S2. The molecule has 1 amide bonds. The van der Waals surface area contributed by atoms with E-state index in [-0.39, 0.29) is 16.1 Å². The molecule has 2 aromatic heterocycles. The summed E-state index contributed by atoms with van der Waals surface area (Å²) in [4.78, 5) is 18.1. The number of amides is 1. The summed E-state index contributed by atoms with van der Waals surface area (Å²) >= 11 is 1.55. The third-order valence-electron chi connectivity index (χ3n) is 5.03. The van der Waals surface area contributed by atoms with E-state index in [9.17, 15) is 17.6 Å². The molecule has 0 bridgehead atoms. The van der Waals surface area contributed by atoms with E-state index in [4.69, 9.17) is 0 Å². The van der Waals surface area contributed by atoms with Crippen LogP contribution in [0.5, 0.6) is 0 Å². The molecule has 0 saturated carbocycles. The number of rotatable bonds is 6. The van der Waals surface area contributed by atoms with Gasteiger partial charge in [0.1, 0.15) is 5.82 Å². The lowest BCUT2D eigenvalue weighted by molar-refractivity contribution is 0.102. The summed E-state index contributed by atoms with van der Waals surface area (Å²) in [5.74, 6) is -0.923. The van der Waals surface area contributed by atoms with E-state index < -0.39 is 21.7 Å². The fourth-order valence-corrected chi connectivity index (χ4v) is 5.13. The van der Waals surface area contributed by atoms with Gasteiger partial charge in [0.25, 0.3) is 15.9 Å². The Balaban J connectivity index is 1.30. The van der Waals surface area contributed by atoms with Gasteiger partial charge in [0.2, 0.25) is 0 Å². The minimum atomic E-state index is -3.96. The zero-order chi connectivity index (χ0) is 23.7. The summed E-state index contributed by atoms with van der Waals surface area (Å²) in [6.45, 7) is 0. The van der Waals surface area contributed by atoms with Crippen LogP contribution in [0.15, 0.2) is 95.5 Å².